The van der Waals surface area contributed by atoms with Gasteiger partial charge in [-0.2, -0.15) is 0 Å². The van der Waals surface area contributed by atoms with Gasteiger partial charge in [-0.25, -0.2) is 4.98 Å². The molecule has 1 N–H and O–H groups in total. The van der Waals surface area contributed by atoms with Gasteiger partial charge in [-0.15, -0.1) is 0 Å². The van der Waals surface area contributed by atoms with E-state index in [4.69, 9.17) is 4.74 Å². The van der Waals surface area contributed by atoms with Crippen molar-refractivity contribution in [3.05, 3.63) is 48.0 Å². The Balaban J connectivity index is 1.31. The van der Waals surface area contributed by atoms with Crippen LogP contribution in [0.5, 0.6) is 5.75 Å². The van der Waals surface area contributed by atoms with Gasteiger partial charge in [0.15, 0.2) is 0 Å². The van der Waals surface area contributed by atoms with Gasteiger partial charge in [-0.05, 0) is 68.2 Å². The maximum Gasteiger partial charge on any atom is 0.251 e. The molecule has 0 aliphatic heterocycles. The normalized spacial score (nSPS) is 25.2. The fourth-order valence-electron chi connectivity index (χ4n) is 4.69. The van der Waals surface area contributed by atoms with E-state index in [0.29, 0.717) is 18.1 Å². The zero-order chi connectivity index (χ0) is 18.1. The molecule has 0 saturated heterocycles. The van der Waals surface area contributed by atoms with Crippen LogP contribution in [0.2, 0.25) is 0 Å². The van der Waals surface area contributed by atoms with E-state index in [2.05, 4.69) is 17.2 Å². The fourth-order valence-corrected chi connectivity index (χ4v) is 4.69. The van der Waals surface area contributed by atoms with Crippen LogP contribution < -0.4 is 10.1 Å². The van der Waals surface area contributed by atoms with Crippen LogP contribution in [-0.2, 0) is 13.7 Å². The molecule has 1 amide bonds. The van der Waals surface area contributed by atoms with Crippen LogP contribution in [0.3, 0.4) is 0 Å². The van der Waals surface area contributed by atoms with Crippen molar-refractivity contribution in [2.45, 2.75) is 45.3 Å². The van der Waals surface area contributed by atoms with Gasteiger partial charge in [0.1, 0.15) is 18.2 Å². The lowest BCUT2D eigenvalue weighted by atomic mass is 9.84. The number of imidazole rings is 1. The minimum atomic E-state index is 0.0101. The lowest BCUT2D eigenvalue weighted by molar-refractivity contribution is 0.0915. The summed E-state index contributed by atoms with van der Waals surface area (Å²) in [6, 6.07) is 7.60. The Morgan fingerprint density at radius 3 is 2.73 bits per heavy atom. The van der Waals surface area contributed by atoms with E-state index in [-0.39, 0.29) is 11.9 Å². The second kappa shape index (κ2) is 7.14. The molecule has 4 rings (SSSR count). The zero-order valence-electron chi connectivity index (χ0n) is 15.5. The molecular weight excluding hydrogens is 326 g/mol. The summed E-state index contributed by atoms with van der Waals surface area (Å²) in [5, 5.41) is 3.21. The number of benzene rings is 1. The van der Waals surface area contributed by atoms with E-state index in [1.54, 1.807) is 6.20 Å². The quantitative estimate of drug-likeness (QED) is 0.864. The number of aromatic nitrogens is 2. The summed E-state index contributed by atoms with van der Waals surface area (Å²) in [4.78, 5) is 16.8. The summed E-state index contributed by atoms with van der Waals surface area (Å²) >= 11 is 0. The largest absolute Gasteiger partial charge is 0.486 e. The first kappa shape index (κ1) is 17.1. The molecule has 2 bridgehead atoms. The van der Waals surface area contributed by atoms with Crippen molar-refractivity contribution in [3.8, 4) is 5.75 Å². The number of aryl methyl sites for hydroxylation is 1. The monoisotopic (exact) mass is 353 g/mol. The van der Waals surface area contributed by atoms with E-state index in [1.165, 1.54) is 25.7 Å². The fraction of sp³-hybridized carbons (Fsp3) is 0.524. The molecule has 1 heterocycles. The van der Waals surface area contributed by atoms with Crippen molar-refractivity contribution in [2.75, 3.05) is 0 Å². The number of fused-ring (bicyclic) bond motifs is 2. The molecule has 2 fully saturated rings. The molecule has 0 radical (unpaired) electrons. The van der Waals surface area contributed by atoms with E-state index in [9.17, 15) is 4.79 Å². The SMILES string of the molecule is CC(NC(=O)c1ccc(OCc2nccn2C)cc1)C1CC2CCC1C2. The highest BCUT2D eigenvalue weighted by Gasteiger charge is 2.42. The molecule has 5 heteroatoms. The predicted octanol–water partition coefficient (Wildman–Crippen LogP) is 3.55. The second-order valence-corrected chi connectivity index (χ2v) is 7.87. The van der Waals surface area contributed by atoms with Gasteiger partial charge in [0, 0.05) is 31.0 Å². The van der Waals surface area contributed by atoms with Crippen molar-refractivity contribution in [1.29, 1.82) is 0 Å². The topological polar surface area (TPSA) is 56.1 Å². The molecular formula is C21H27N3O2. The van der Waals surface area contributed by atoms with Gasteiger partial charge in [0.25, 0.3) is 5.91 Å². The van der Waals surface area contributed by atoms with Crippen molar-refractivity contribution in [2.24, 2.45) is 24.8 Å². The summed E-state index contributed by atoms with van der Waals surface area (Å²) in [5.41, 5.74) is 0.685. The minimum Gasteiger partial charge on any atom is -0.486 e. The maximum absolute atomic E-state index is 12.6. The third kappa shape index (κ3) is 3.48. The molecule has 4 atom stereocenters. The van der Waals surface area contributed by atoms with Crippen molar-refractivity contribution in [1.82, 2.24) is 14.9 Å². The number of carbonyl (C=O) groups is 1. The highest BCUT2D eigenvalue weighted by Crippen LogP contribution is 2.49. The number of hydrogen-bond acceptors (Lipinski definition) is 3. The highest BCUT2D eigenvalue weighted by molar-refractivity contribution is 5.94. The number of nitrogens with one attached hydrogen (secondary N) is 1. The van der Waals surface area contributed by atoms with Crippen molar-refractivity contribution >= 4 is 5.91 Å². The molecule has 2 saturated carbocycles. The number of nitrogens with zero attached hydrogens (tertiary/aromatic N) is 2. The third-order valence-corrected chi connectivity index (χ3v) is 6.20. The van der Waals surface area contributed by atoms with Crippen LogP contribution in [0.25, 0.3) is 0 Å². The van der Waals surface area contributed by atoms with Crippen LogP contribution in [0.1, 0.15) is 48.8 Å². The van der Waals surface area contributed by atoms with Crippen molar-refractivity contribution < 1.29 is 9.53 Å². The first-order valence-corrected chi connectivity index (χ1v) is 9.60. The Labute approximate surface area is 154 Å². The standard InChI is InChI=1S/C21H27N3O2/c1-14(19-12-15-3-4-17(19)11-15)23-21(25)16-5-7-18(8-6-16)26-13-20-22-9-10-24(20)2/h5-10,14-15,17,19H,3-4,11-13H2,1-2H3,(H,23,25). The molecule has 2 aliphatic rings. The van der Waals surface area contributed by atoms with Crippen molar-refractivity contribution in [3.63, 3.8) is 0 Å². The summed E-state index contributed by atoms with van der Waals surface area (Å²) in [6.45, 7) is 2.57. The highest BCUT2D eigenvalue weighted by atomic mass is 16.5. The predicted molar refractivity (Wildman–Crippen MR) is 99.8 cm³/mol. The smallest absolute Gasteiger partial charge is 0.251 e. The second-order valence-electron chi connectivity index (χ2n) is 7.87. The van der Waals surface area contributed by atoms with Crippen LogP contribution in [0.4, 0.5) is 0 Å². The van der Waals surface area contributed by atoms with E-state index >= 15 is 0 Å². The maximum atomic E-state index is 12.6. The Hall–Kier alpha value is -2.30. The van der Waals surface area contributed by atoms with Gasteiger partial charge >= 0.3 is 0 Å². The first-order chi connectivity index (χ1) is 12.6. The van der Waals surface area contributed by atoms with Gasteiger partial charge in [-0.1, -0.05) is 6.42 Å². The molecule has 2 aromatic rings. The molecule has 26 heavy (non-hydrogen) atoms. The summed E-state index contributed by atoms with van der Waals surface area (Å²) in [7, 11) is 1.94. The van der Waals surface area contributed by atoms with Crippen LogP contribution >= 0.6 is 0 Å². The van der Waals surface area contributed by atoms with E-state index < -0.39 is 0 Å². The molecule has 1 aromatic carbocycles. The Morgan fingerprint density at radius 1 is 1.31 bits per heavy atom. The Morgan fingerprint density at radius 2 is 2.12 bits per heavy atom. The molecule has 1 aromatic heterocycles. The third-order valence-electron chi connectivity index (χ3n) is 6.20. The number of hydrogen-bond donors (Lipinski definition) is 1. The van der Waals surface area contributed by atoms with Gasteiger partial charge in [0.2, 0.25) is 0 Å². The average Bonchev–Trinajstić information content (AvgIpc) is 3.37. The Bertz CT molecular complexity index is 768. The average molecular weight is 353 g/mol. The molecule has 5 nitrogen and oxygen atoms in total. The van der Waals surface area contributed by atoms with Gasteiger partial charge in [-0.3, -0.25) is 4.79 Å². The lowest BCUT2D eigenvalue weighted by Crippen LogP contribution is -2.40. The van der Waals surface area contributed by atoms with Gasteiger partial charge < -0.3 is 14.6 Å². The Kier molecular flexibility index (Phi) is 4.70. The van der Waals surface area contributed by atoms with E-state index in [1.807, 2.05) is 42.1 Å². The van der Waals surface area contributed by atoms with Crippen LogP contribution in [-0.4, -0.2) is 21.5 Å². The molecule has 138 valence electrons. The summed E-state index contributed by atoms with van der Waals surface area (Å²) in [5.74, 6) is 3.99. The lowest BCUT2D eigenvalue weighted by Gasteiger charge is -2.28. The molecule has 4 unspecified atom stereocenters. The van der Waals surface area contributed by atoms with Gasteiger partial charge in [0.05, 0.1) is 0 Å². The number of carbonyl (C=O) groups excluding carboxylic acids is 1. The minimum absolute atomic E-state index is 0.0101. The zero-order valence-corrected chi connectivity index (χ0v) is 15.5. The number of ether oxygens (including phenoxy) is 1. The van der Waals surface area contributed by atoms with Crippen LogP contribution in [0.15, 0.2) is 36.7 Å². The van der Waals surface area contributed by atoms with Crippen LogP contribution in [0, 0.1) is 17.8 Å². The van der Waals surface area contributed by atoms with E-state index in [0.717, 1.165) is 23.4 Å². The number of rotatable bonds is 6. The first-order valence-electron chi connectivity index (χ1n) is 9.60. The molecule has 2 aliphatic carbocycles. The number of amides is 1. The summed E-state index contributed by atoms with van der Waals surface area (Å²) < 4.78 is 7.68. The summed E-state index contributed by atoms with van der Waals surface area (Å²) in [6.07, 6.45) is 9.03. The molecule has 0 spiro atoms.